The molecule has 0 aliphatic rings. The Balaban J connectivity index is 2.53. The van der Waals surface area contributed by atoms with Gasteiger partial charge < -0.3 is 11.1 Å². The Morgan fingerprint density at radius 2 is 2.14 bits per heavy atom. The molecule has 4 nitrogen and oxygen atoms in total. The Hall–Kier alpha value is -1.83. The number of halogens is 3. The van der Waals surface area contributed by atoms with Gasteiger partial charge in [-0.2, -0.15) is 13.2 Å². The monoisotopic (exact) mass is 331 g/mol. The average Bonchev–Trinajstić information content (AvgIpc) is 2.75. The summed E-state index contributed by atoms with van der Waals surface area (Å²) in [5, 5.41) is 3.16. The zero-order valence-electron chi connectivity index (χ0n) is 12.3. The van der Waals surface area contributed by atoms with Gasteiger partial charge in [0.2, 0.25) is 0 Å². The molecule has 0 saturated carbocycles. The quantitative estimate of drug-likeness (QED) is 0.900. The molecule has 0 radical (unpaired) electrons. The summed E-state index contributed by atoms with van der Waals surface area (Å²) < 4.78 is 38.4. The third-order valence-corrected chi connectivity index (χ3v) is 4.48. The Morgan fingerprint density at radius 3 is 2.68 bits per heavy atom. The largest absolute Gasteiger partial charge is 0.433 e. The predicted molar refractivity (Wildman–Crippen MR) is 81.0 cm³/mol. The van der Waals surface area contributed by atoms with Gasteiger partial charge in [0.05, 0.1) is 5.69 Å². The summed E-state index contributed by atoms with van der Waals surface area (Å²) >= 11 is 0.881. The second-order valence-corrected chi connectivity index (χ2v) is 6.13. The number of amides is 1. The Bertz CT molecular complexity index is 724. The lowest BCUT2D eigenvalue weighted by atomic mass is 10.1. The van der Waals surface area contributed by atoms with Crippen LogP contribution in [0.2, 0.25) is 0 Å². The molecule has 1 atom stereocenters. The van der Waals surface area contributed by atoms with Crippen LogP contribution in [0.4, 0.5) is 18.9 Å². The van der Waals surface area contributed by atoms with Gasteiger partial charge >= 0.3 is 6.18 Å². The molecule has 1 unspecified atom stereocenters. The van der Waals surface area contributed by atoms with E-state index < -0.39 is 11.9 Å². The molecule has 2 heterocycles. The maximum absolute atomic E-state index is 12.8. The summed E-state index contributed by atoms with van der Waals surface area (Å²) in [5.74, 6) is -0.386. The summed E-state index contributed by atoms with van der Waals surface area (Å²) in [6.07, 6.45) is -3.79. The molecule has 0 fully saturated rings. The van der Waals surface area contributed by atoms with Crippen molar-refractivity contribution >= 4 is 33.1 Å². The number of nitrogens with one attached hydrogen (secondary N) is 1. The third kappa shape index (κ3) is 3.01. The molecule has 2 rings (SSSR count). The fourth-order valence-corrected chi connectivity index (χ4v) is 3.09. The number of aryl methyl sites for hydroxylation is 1. The second-order valence-electron chi connectivity index (χ2n) is 5.13. The number of alkyl halides is 3. The molecule has 2 aromatic heterocycles. The molecule has 1 amide bonds. The van der Waals surface area contributed by atoms with E-state index in [9.17, 15) is 18.0 Å². The lowest BCUT2D eigenvalue weighted by molar-refractivity contribution is -0.141. The number of pyridine rings is 1. The van der Waals surface area contributed by atoms with Crippen molar-refractivity contribution in [2.45, 2.75) is 39.4 Å². The lowest BCUT2D eigenvalue weighted by Crippen LogP contribution is -2.31. The first-order chi connectivity index (χ1) is 10.1. The van der Waals surface area contributed by atoms with Gasteiger partial charge in [-0.3, -0.25) is 4.79 Å². The average molecular weight is 331 g/mol. The van der Waals surface area contributed by atoms with Crippen molar-refractivity contribution in [1.82, 2.24) is 10.3 Å². The molecule has 22 heavy (non-hydrogen) atoms. The molecule has 2 aromatic rings. The van der Waals surface area contributed by atoms with Crippen molar-refractivity contribution in [1.29, 1.82) is 0 Å². The molecule has 0 aliphatic carbocycles. The van der Waals surface area contributed by atoms with E-state index in [0.29, 0.717) is 10.9 Å². The highest BCUT2D eigenvalue weighted by molar-refractivity contribution is 7.21. The van der Waals surface area contributed by atoms with Gasteiger partial charge in [0.25, 0.3) is 5.91 Å². The molecule has 8 heteroatoms. The van der Waals surface area contributed by atoms with Gasteiger partial charge in [-0.1, -0.05) is 6.92 Å². The third-order valence-electron chi connectivity index (χ3n) is 3.38. The Morgan fingerprint density at radius 1 is 1.50 bits per heavy atom. The topological polar surface area (TPSA) is 68.0 Å². The molecule has 0 bridgehead atoms. The number of carbonyl (C=O) groups is 1. The van der Waals surface area contributed by atoms with Gasteiger partial charge in [-0.25, -0.2) is 4.98 Å². The fourth-order valence-electron chi connectivity index (χ4n) is 2.02. The Kier molecular flexibility index (Phi) is 4.32. The zero-order chi connectivity index (χ0) is 16.7. The van der Waals surface area contributed by atoms with Gasteiger partial charge in [0.1, 0.15) is 15.4 Å². The minimum absolute atomic E-state index is 0.0445. The van der Waals surface area contributed by atoms with E-state index in [1.54, 1.807) is 0 Å². The van der Waals surface area contributed by atoms with E-state index in [0.717, 1.165) is 23.8 Å². The van der Waals surface area contributed by atoms with E-state index in [1.165, 1.54) is 6.92 Å². The number of fused-ring (bicyclic) bond motifs is 1. The number of nitrogens with two attached hydrogens (primary N) is 1. The van der Waals surface area contributed by atoms with Crippen LogP contribution < -0.4 is 11.1 Å². The van der Waals surface area contributed by atoms with Crippen LogP contribution in [-0.4, -0.2) is 16.9 Å². The number of aromatic nitrogens is 1. The molecular formula is C14H16F3N3OS. The van der Waals surface area contributed by atoms with Gasteiger partial charge in [-0.05, 0) is 31.9 Å². The second kappa shape index (κ2) is 5.75. The minimum atomic E-state index is -4.53. The normalized spacial score (nSPS) is 13.4. The highest BCUT2D eigenvalue weighted by atomic mass is 32.1. The first kappa shape index (κ1) is 16.5. The van der Waals surface area contributed by atoms with Crippen LogP contribution in [0.15, 0.2) is 6.07 Å². The molecule has 0 aliphatic heterocycles. The summed E-state index contributed by atoms with van der Waals surface area (Å²) in [6, 6.07) is 0.902. The summed E-state index contributed by atoms with van der Waals surface area (Å²) in [6.45, 7) is 5.28. The molecule has 3 N–H and O–H groups in total. The van der Waals surface area contributed by atoms with Crippen LogP contribution >= 0.6 is 11.3 Å². The lowest BCUT2D eigenvalue weighted by Gasteiger charge is -2.10. The van der Waals surface area contributed by atoms with E-state index in [-0.39, 0.29) is 27.3 Å². The maximum Gasteiger partial charge on any atom is 0.433 e. The van der Waals surface area contributed by atoms with Crippen molar-refractivity contribution < 1.29 is 18.0 Å². The molecule has 120 valence electrons. The maximum atomic E-state index is 12.8. The molecular weight excluding hydrogens is 315 g/mol. The number of thiophene rings is 1. The SMILES string of the molecule is CCC(C)NC(=O)c1sc2nc(C(F)(F)F)cc(C)c2c1N. The number of nitrogens with zero attached hydrogens (tertiary/aromatic N) is 1. The standard InChI is InChI=1S/C14H16F3N3OS/c1-4-7(3)19-12(21)11-10(18)9-6(2)5-8(14(15,16)17)20-13(9)22-11/h5,7H,4,18H2,1-3H3,(H,19,21). The molecule has 0 spiro atoms. The van der Waals surface area contributed by atoms with E-state index in [1.807, 2.05) is 13.8 Å². The van der Waals surface area contributed by atoms with Crippen LogP contribution in [0.5, 0.6) is 0 Å². The van der Waals surface area contributed by atoms with Crippen LogP contribution in [0, 0.1) is 6.92 Å². The van der Waals surface area contributed by atoms with Crippen LogP contribution in [0.25, 0.3) is 10.2 Å². The van der Waals surface area contributed by atoms with Crippen LogP contribution in [0.3, 0.4) is 0 Å². The van der Waals surface area contributed by atoms with Gasteiger partial charge in [0.15, 0.2) is 0 Å². The van der Waals surface area contributed by atoms with Crippen molar-refractivity contribution in [2.24, 2.45) is 0 Å². The highest BCUT2D eigenvalue weighted by Crippen LogP contribution is 2.38. The first-order valence-corrected chi connectivity index (χ1v) is 7.54. The smallest absolute Gasteiger partial charge is 0.397 e. The molecule has 0 aromatic carbocycles. The molecule has 0 saturated heterocycles. The number of hydrogen-bond acceptors (Lipinski definition) is 4. The number of hydrogen-bond donors (Lipinski definition) is 2. The van der Waals surface area contributed by atoms with Crippen molar-refractivity contribution in [2.75, 3.05) is 5.73 Å². The first-order valence-electron chi connectivity index (χ1n) is 6.72. The van der Waals surface area contributed by atoms with E-state index in [2.05, 4.69) is 10.3 Å². The Labute approximate surface area is 129 Å². The number of nitrogen functional groups attached to an aromatic ring is 1. The van der Waals surface area contributed by atoms with Crippen molar-refractivity contribution in [3.63, 3.8) is 0 Å². The van der Waals surface area contributed by atoms with Gasteiger partial charge in [0, 0.05) is 11.4 Å². The van der Waals surface area contributed by atoms with Crippen molar-refractivity contribution in [3.05, 3.63) is 22.2 Å². The summed E-state index contributed by atoms with van der Waals surface area (Å²) in [7, 11) is 0. The van der Waals surface area contributed by atoms with E-state index in [4.69, 9.17) is 5.73 Å². The highest BCUT2D eigenvalue weighted by Gasteiger charge is 2.34. The summed E-state index contributed by atoms with van der Waals surface area (Å²) in [5.41, 5.74) is 5.50. The number of rotatable bonds is 3. The zero-order valence-corrected chi connectivity index (χ0v) is 13.2. The van der Waals surface area contributed by atoms with E-state index >= 15 is 0 Å². The number of anilines is 1. The predicted octanol–water partition coefficient (Wildman–Crippen LogP) is 3.73. The summed E-state index contributed by atoms with van der Waals surface area (Å²) in [4.78, 5) is 16.1. The number of carbonyl (C=O) groups excluding carboxylic acids is 1. The van der Waals surface area contributed by atoms with Gasteiger partial charge in [-0.15, -0.1) is 11.3 Å². The fraction of sp³-hybridized carbons (Fsp3) is 0.429. The van der Waals surface area contributed by atoms with Crippen LogP contribution in [-0.2, 0) is 6.18 Å². The van der Waals surface area contributed by atoms with Crippen LogP contribution in [0.1, 0.15) is 41.2 Å². The minimum Gasteiger partial charge on any atom is -0.397 e. The van der Waals surface area contributed by atoms with Crippen molar-refractivity contribution in [3.8, 4) is 0 Å².